The van der Waals surface area contributed by atoms with E-state index in [1.165, 1.54) is 16.0 Å². The lowest BCUT2D eigenvalue weighted by atomic mass is 10.00. The Morgan fingerprint density at radius 3 is 2.93 bits per heavy atom. The van der Waals surface area contributed by atoms with Crippen LogP contribution in [-0.2, 0) is 25.9 Å². The molecule has 0 saturated heterocycles. The molecule has 2 aromatic heterocycles. The van der Waals surface area contributed by atoms with E-state index >= 15 is 0 Å². The Kier molecular flexibility index (Phi) is 5.65. The Morgan fingerprint density at radius 1 is 1.36 bits per heavy atom. The van der Waals surface area contributed by atoms with Gasteiger partial charge in [-0.2, -0.15) is 0 Å². The summed E-state index contributed by atoms with van der Waals surface area (Å²) in [6.45, 7) is 10.0. The summed E-state index contributed by atoms with van der Waals surface area (Å²) in [5, 5.41) is 2.08. The van der Waals surface area contributed by atoms with Crippen molar-refractivity contribution in [3.63, 3.8) is 0 Å². The highest BCUT2D eigenvalue weighted by molar-refractivity contribution is 7.10. The molecule has 4 nitrogen and oxygen atoms in total. The van der Waals surface area contributed by atoms with Crippen molar-refractivity contribution in [3.05, 3.63) is 63.1 Å². The molecule has 0 aliphatic carbocycles. The Balaban J connectivity index is 1.45. The average Bonchev–Trinajstić information content (AvgIpc) is 3.35. The van der Waals surface area contributed by atoms with Crippen molar-refractivity contribution in [3.8, 4) is 0 Å². The summed E-state index contributed by atoms with van der Waals surface area (Å²) in [6.07, 6.45) is 8.26. The third kappa shape index (κ3) is 3.78. The molecule has 0 saturated carbocycles. The summed E-state index contributed by atoms with van der Waals surface area (Å²) in [5.74, 6) is 0.644. The lowest BCUT2D eigenvalue weighted by Gasteiger charge is -2.29. The van der Waals surface area contributed by atoms with E-state index in [0.29, 0.717) is 5.92 Å². The fourth-order valence-corrected chi connectivity index (χ4v) is 5.29. The largest absolute Gasteiger partial charge is 0.328 e. The van der Waals surface area contributed by atoms with Crippen LogP contribution >= 0.6 is 11.3 Å². The number of hydrogen-bond acceptors (Lipinski definition) is 4. The van der Waals surface area contributed by atoms with Crippen molar-refractivity contribution < 1.29 is 4.79 Å². The van der Waals surface area contributed by atoms with Crippen molar-refractivity contribution in [2.45, 2.75) is 52.7 Å². The zero-order valence-electron chi connectivity index (χ0n) is 17.0. The normalized spacial score (nSPS) is 19.4. The third-order valence-corrected chi connectivity index (χ3v) is 6.89. The highest BCUT2D eigenvalue weighted by Gasteiger charge is 2.31. The van der Waals surface area contributed by atoms with E-state index in [4.69, 9.17) is 0 Å². The van der Waals surface area contributed by atoms with Crippen LogP contribution in [0.4, 0.5) is 0 Å². The highest BCUT2D eigenvalue weighted by Crippen LogP contribution is 2.31. The number of aryl methyl sites for hydroxylation is 1. The quantitative estimate of drug-likeness (QED) is 0.708. The standard InChI is InChI=1S/C23H29N3OS/c1-4-17-7-8-18(24-12-17)13-25-11-9-19-20(15-28-22(19)14-25)23(27)26-10-5-6-21(26)16(2)3/h5-8,12,15-16,21H,4,9-11,13-14H2,1-3H3. The molecule has 4 rings (SSSR count). The van der Waals surface area contributed by atoms with Crippen molar-refractivity contribution in [1.82, 2.24) is 14.8 Å². The second-order valence-electron chi connectivity index (χ2n) is 8.14. The number of amides is 1. The van der Waals surface area contributed by atoms with Crippen molar-refractivity contribution in [2.24, 2.45) is 5.92 Å². The van der Waals surface area contributed by atoms with Crippen molar-refractivity contribution in [1.29, 1.82) is 0 Å². The smallest absolute Gasteiger partial charge is 0.255 e. The molecule has 2 aromatic rings. The maximum Gasteiger partial charge on any atom is 0.255 e. The van der Waals surface area contributed by atoms with Gasteiger partial charge in [-0.15, -0.1) is 11.3 Å². The average molecular weight is 396 g/mol. The molecule has 0 fully saturated rings. The Hall–Kier alpha value is -1.98. The first-order valence-electron chi connectivity index (χ1n) is 10.3. The van der Waals surface area contributed by atoms with Gasteiger partial charge in [0.1, 0.15) is 0 Å². The van der Waals surface area contributed by atoms with E-state index in [1.807, 2.05) is 11.1 Å². The first kappa shape index (κ1) is 19.3. The molecule has 0 spiro atoms. The van der Waals surface area contributed by atoms with Crippen LogP contribution in [0.5, 0.6) is 0 Å². The molecule has 0 N–H and O–H groups in total. The van der Waals surface area contributed by atoms with Gasteiger partial charge in [0.2, 0.25) is 0 Å². The Labute approximate surface area is 171 Å². The molecular weight excluding hydrogens is 366 g/mol. The van der Waals surface area contributed by atoms with E-state index < -0.39 is 0 Å². The molecule has 28 heavy (non-hydrogen) atoms. The van der Waals surface area contributed by atoms with Gasteiger partial charge in [-0.1, -0.05) is 39.0 Å². The van der Waals surface area contributed by atoms with Gasteiger partial charge < -0.3 is 4.90 Å². The maximum atomic E-state index is 13.2. The van der Waals surface area contributed by atoms with Crippen LogP contribution in [-0.4, -0.2) is 39.8 Å². The van der Waals surface area contributed by atoms with Gasteiger partial charge in [-0.25, -0.2) is 0 Å². The number of rotatable bonds is 5. The van der Waals surface area contributed by atoms with Gasteiger partial charge in [0.25, 0.3) is 5.91 Å². The predicted octanol–water partition coefficient (Wildman–Crippen LogP) is 4.30. The second-order valence-corrected chi connectivity index (χ2v) is 9.11. The van der Waals surface area contributed by atoms with Gasteiger partial charge in [0.15, 0.2) is 0 Å². The summed E-state index contributed by atoms with van der Waals surface area (Å²) in [6, 6.07) is 4.54. The number of nitrogens with zero attached hydrogens (tertiary/aromatic N) is 3. The Bertz CT molecular complexity index is 868. The molecule has 0 bridgehead atoms. The topological polar surface area (TPSA) is 36.4 Å². The van der Waals surface area contributed by atoms with Crippen molar-refractivity contribution in [2.75, 3.05) is 13.1 Å². The van der Waals surface area contributed by atoms with Crippen LogP contribution in [0.3, 0.4) is 0 Å². The maximum absolute atomic E-state index is 13.2. The van der Waals surface area contributed by atoms with Crippen molar-refractivity contribution >= 4 is 17.2 Å². The van der Waals surface area contributed by atoms with Gasteiger partial charge in [-0.3, -0.25) is 14.7 Å². The minimum atomic E-state index is 0.200. The molecule has 2 aliphatic rings. The molecule has 4 heterocycles. The summed E-state index contributed by atoms with van der Waals surface area (Å²) >= 11 is 1.74. The predicted molar refractivity (Wildman–Crippen MR) is 115 cm³/mol. The van der Waals surface area contributed by atoms with E-state index in [9.17, 15) is 4.79 Å². The van der Waals surface area contributed by atoms with Crippen LogP contribution in [0, 0.1) is 5.92 Å². The Morgan fingerprint density at radius 2 is 2.21 bits per heavy atom. The van der Waals surface area contributed by atoms with Gasteiger partial charge in [0, 0.05) is 42.6 Å². The number of carbonyl (C=O) groups is 1. The summed E-state index contributed by atoms with van der Waals surface area (Å²) in [5.41, 5.74) is 4.60. The minimum absolute atomic E-state index is 0.200. The lowest BCUT2D eigenvalue weighted by Crippen LogP contribution is -2.39. The zero-order valence-corrected chi connectivity index (χ0v) is 17.8. The number of aromatic nitrogens is 1. The number of pyridine rings is 1. The van der Waals surface area contributed by atoms with E-state index in [0.717, 1.165) is 50.3 Å². The van der Waals surface area contributed by atoms with Crippen LogP contribution in [0.15, 0.2) is 35.9 Å². The van der Waals surface area contributed by atoms with E-state index in [2.05, 4.69) is 60.3 Å². The summed E-state index contributed by atoms with van der Waals surface area (Å²) in [7, 11) is 0. The van der Waals surface area contributed by atoms with Gasteiger partial charge in [-0.05, 0) is 36.0 Å². The summed E-state index contributed by atoms with van der Waals surface area (Å²) < 4.78 is 0. The summed E-state index contributed by atoms with van der Waals surface area (Å²) in [4.78, 5) is 23.6. The fourth-order valence-electron chi connectivity index (χ4n) is 4.18. The molecule has 148 valence electrons. The molecule has 1 amide bonds. The van der Waals surface area contributed by atoms with E-state index in [1.54, 1.807) is 11.3 Å². The minimum Gasteiger partial charge on any atom is -0.328 e. The van der Waals surface area contributed by atoms with Crippen LogP contribution in [0.1, 0.15) is 52.8 Å². The zero-order chi connectivity index (χ0) is 19.7. The molecule has 1 atom stereocenters. The SMILES string of the molecule is CCc1ccc(CN2CCc3c(C(=O)N4CC=CC4C(C)C)csc3C2)nc1. The first-order valence-corrected chi connectivity index (χ1v) is 11.2. The highest BCUT2D eigenvalue weighted by atomic mass is 32.1. The molecule has 0 radical (unpaired) electrons. The van der Waals surface area contributed by atoms with Crippen LogP contribution < -0.4 is 0 Å². The number of fused-ring (bicyclic) bond motifs is 1. The number of thiophene rings is 1. The molecule has 0 aromatic carbocycles. The third-order valence-electron chi connectivity index (χ3n) is 5.88. The van der Waals surface area contributed by atoms with E-state index in [-0.39, 0.29) is 11.9 Å². The lowest BCUT2D eigenvalue weighted by molar-refractivity contribution is 0.0719. The monoisotopic (exact) mass is 395 g/mol. The molecule has 1 unspecified atom stereocenters. The second kappa shape index (κ2) is 8.18. The molecule has 2 aliphatic heterocycles. The molecule has 5 heteroatoms. The number of carbonyl (C=O) groups excluding carboxylic acids is 1. The first-order chi connectivity index (χ1) is 13.6. The van der Waals surface area contributed by atoms with Gasteiger partial charge >= 0.3 is 0 Å². The van der Waals surface area contributed by atoms with Crippen LogP contribution in [0.2, 0.25) is 0 Å². The van der Waals surface area contributed by atoms with Gasteiger partial charge in [0.05, 0.1) is 17.3 Å². The molecular formula is C23H29N3OS. The van der Waals surface area contributed by atoms with Crippen LogP contribution in [0.25, 0.3) is 0 Å². The fraction of sp³-hybridized carbons (Fsp3) is 0.478. The number of hydrogen-bond donors (Lipinski definition) is 0.